The van der Waals surface area contributed by atoms with E-state index in [1.54, 1.807) is 5.20 Å². The van der Waals surface area contributed by atoms with Crippen LogP contribution >= 0.6 is 0 Å². The van der Waals surface area contributed by atoms with Crippen LogP contribution in [0.15, 0.2) is 48.2 Å². The van der Waals surface area contributed by atoms with Gasteiger partial charge in [-0.3, -0.25) is 0 Å². The van der Waals surface area contributed by atoms with Crippen LogP contribution in [0.3, 0.4) is 0 Å². The van der Waals surface area contributed by atoms with E-state index in [1.165, 1.54) is 5.57 Å². The van der Waals surface area contributed by atoms with Crippen LogP contribution in [0.5, 0.6) is 0 Å². The van der Waals surface area contributed by atoms with Crippen LogP contribution in [0.25, 0.3) is 0 Å². The summed E-state index contributed by atoms with van der Waals surface area (Å²) in [6.45, 7) is 26.6. The van der Waals surface area contributed by atoms with E-state index >= 15 is 0 Å². The molecule has 3 nitrogen and oxygen atoms in total. The second kappa shape index (κ2) is 11.7. The van der Waals surface area contributed by atoms with Crippen LogP contribution in [0.4, 0.5) is 0 Å². The molecule has 0 bridgehead atoms. The Hall–Kier alpha value is 0.179. The molecule has 0 radical (unpaired) electrons. The summed E-state index contributed by atoms with van der Waals surface area (Å²) in [6.07, 6.45) is 9.42. The van der Waals surface area contributed by atoms with Crippen molar-refractivity contribution >= 4 is 25.0 Å². The summed E-state index contributed by atoms with van der Waals surface area (Å²) >= 11 is -2.19. The standard InChI is InChI=1S/C22H41O3Si3.3CH3.Pt/c1-10-17-26(6,7)21-16-15-20(22(21)27(8,9)18-11-2)19-28(23-12-3,24-13-4)25-14-5;;;;/h10-11,15-16H,1-2,12-14,17-19H2,3-9H3;3*1H3;. The van der Waals surface area contributed by atoms with Gasteiger partial charge in [-0.2, -0.15) is 0 Å². The first-order valence-electron chi connectivity index (χ1n) is 11.7. The molecule has 1 atom stereocenters. The van der Waals surface area contributed by atoms with Gasteiger partial charge in [0.2, 0.25) is 0 Å². The molecule has 0 aromatic heterocycles. The normalized spacial score (nSPS) is 20.7. The summed E-state index contributed by atoms with van der Waals surface area (Å²) in [5.74, 6) is 0. The molecule has 0 heterocycles. The average molecular weight is 678 g/mol. The SMILES string of the molecule is C=CC[Si](C)(C)C1=C(C[Si](OCC)(OCC)OCC)C=C[C]1([Si](C)(C)CC=C)[Pt]([CH3])([CH3])[CH3]. The van der Waals surface area contributed by atoms with Crippen molar-refractivity contribution in [3.8, 4) is 0 Å². The Morgan fingerprint density at radius 1 is 0.875 bits per heavy atom. The molecule has 0 aromatic carbocycles. The van der Waals surface area contributed by atoms with Gasteiger partial charge < -0.3 is 0 Å². The van der Waals surface area contributed by atoms with Gasteiger partial charge in [0.1, 0.15) is 0 Å². The molecule has 1 rings (SSSR count). The molecular weight excluding hydrogens is 628 g/mol. The summed E-state index contributed by atoms with van der Waals surface area (Å²) in [7, 11) is -6.31. The van der Waals surface area contributed by atoms with E-state index in [9.17, 15) is 0 Å². The van der Waals surface area contributed by atoms with Crippen LogP contribution in [0.1, 0.15) is 20.8 Å². The van der Waals surface area contributed by atoms with E-state index in [4.69, 9.17) is 13.3 Å². The molecule has 0 N–H and O–H groups in total. The van der Waals surface area contributed by atoms with E-state index in [0.717, 1.165) is 18.1 Å². The molecule has 32 heavy (non-hydrogen) atoms. The summed E-state index contributed by atoms with van der Waals surface area (Å²) in [4.78, 5) is 0. The Kier molecular flexibility index (Phi) is 11.1. The third-order valence-corrected chi connectivity index (χ3v) is 31.9. The zero-order valence-electron chi connectivity index (χ0n) is 22.5. The topological polar surface area (TPSA) is 27.7 Å². The van der Waals surface area contributed by atoms with Gasteiger partial charge in [0.25, 0.3) is 0 Å². The molecule has 1 aliphatic carbocycles. The maximum absolute atomic E-state index is 6.31. The summed E-state index contributed by atoms with van der Waals surface area (Å²) in [6, 6.07) is 3.01. The van der Waals surface area contributed by atoms with Gasteiger partial charge in [-0.05, 0) is 0 Å². The average Bonchev–Trinajstić information content (AvgIpc) is 3.04. The number of allylic oxidation sites excluding steroid dienone is 6. The first-order valence-corrected chi connectivity index (χ1v) is 28.0. The first-order chi connectivity index (χ1) is 14.7. The first kappa shape index (κ1) is 30.2. The van der Waals surface area contributed by atoms with Crippen molar-refractivity contribution in [3.05, 3.63) is 48.2 Å². The van der Waals surface area contributed by atoms with Gasteiger partial charge in [-0.1, -0.05) is 0 Å². The van der Waals surface area contributed by atoms with Gasteiger partial charge >= 0.3 is 207 Å². The zero-order valence-corrected chi connectivity index (χ0v) is 27.8. The van der Waals surface area contributed by atoms with E-state index in [1.807, 2.05) is 20.8 Å². The summed E-state index contributed by atoms with van der Waals surface area (Å²) in [5.41, 5.74) is 1.45. The quantitative estimate of drug-likeness (QED) is 0.129. The van der Waals surface area contributed by atoms with Gasteiger partial charge in [-0.25, -0.2) is 0 Å². The van der Waals surface area contributed by atoms with Gasteiger partial charge in [0.05, 0.1) is 0 Å². The second-order valence-corrected chi connectivity index (χ2v) is 35.5. The maximum atomic E-state index is 6.31. The van der Waals surface area contributed by atoms with Crippen LogP contribution < -0.4 is 0 Å². The summed E-state index contributed by atoms with van der Waals surface area (Å²) in [5, 5.41) is 9.57. The fraction of sp³-hybridized carbons (Fsp3) is 0.680. The van der Waals surface area contributed by atoms with Crippen molar-refractivity contribution in [3.63, 3.8) is 0 Å². The van der Waals surface area contributed by atoms with Crippen molar-refractivity contribution in [1.29, 1.82) is 0 Å². The van der Waals surface area contributed by atoms with Crippen LogP contribution in [0, 0.1) is 0 Å². The Bertz CT molecular complexity index is 705. The van der Waals surface area contributed by atoms with Crippen molar-refractivity contribution in [2.75, 3.05) is 19.8 Å². The predicted molar refractivity (Wildman–Crippen MR) is 147 cm³/mol. The molecule has 1 unspecified atom stereocenters. The van der Waals surface area contributed by atoms with Gasteiger partial charge in [0, 0.05) is 0 Å². The minimum atomic E-state index is -2.80. The predicted octanol–water partition coefficient (Wildman–Crippen LogP) is 8.23. The van der Waals surface area contributed by atoms with Gasteiger partial charge in [0.15, 0.2) is 0 Å². The molecule has 0 saturated heterocycles. The molecule has 190 valence electrons. The van der Waals surface area contributed by atoms with Crippen LogP contribution in [-0.2, 0) is 29.3 Å². The molecule has 0 saturated carbocycles. The number of hydrogen-bond acceptors (Lipinski definition) is 3. The Labute approximate surface area is 206 Å². The van der Waals surface area contributed by atoms with E-state index in [2.05, 4.69) is 79.6 Å². The molecule has 0 fully saturated rings. The van der Waals surface area contributed by atoms with Crippen molar-refractivity contribution in [2.45, 2.75) is 84.5 Å². The molecule has 1 aliphatic rings. The third kappa shape index (κ3) is 6.05. The molecule has 0 amide bonds. The van der Waals surface area contributed by atoms with Crippen molar-refractivity contribution in [1.82, 2.24) is 0 Å². The van der Waals surface area contributed by atoms with Crippen LogP contribution in [-0.4, -0.2) is 44.8 Å². The summed E-state index contributed by atoms with van der Waals surface area (Å²) < 4.78 is 19.2. The van der Waals surface area contributed by atoms with Gasteiger partial charge in [-0.15, -0.1) is 0 Å². The Morgan fingerprint density at radius 3 is 1.72 bits per heavy atom. The monoisotopic (exact) mass is 677 g/mol. The van der Waals surface area contributed by atoms with E-state index < -0.39 is 41.0 Å². The Balaban J connectivity index is 3.92. The number of hydrogen-bond donors (Lipinski definition) is 0. The van der Waals surface area contributed by atoms with Crippen molar-refractivity contribution in [2.24, 2.45) is 0 Å². The van der Waals surface area contributed by atoms with Crippen LogP contribution in [0.2, 0.25) is 63.7 Å². The minimum absolute atomic E-state index is 0.229. The molecule has 0 spiro atoms. The zero-order chi connectivity index (χ0) is 24.8. The molecule has 0 aliphatic heterocycles. The fourth-order valence-corrected chi connectivity index (χ4v) is 39.1. The third-order valence-electron chi connectivity index (χ3n) is 6.35. The molecular formula is C25H50O3PtSi3. The fourth-order valence-electron chi connectivity index (χ4n) is 5.39. The Morgan fingerprint density at radius 2 is 1.34 bits per heavy atom. The van der Waals surface area contributed by atoms with E-state index in [0.29, 0.717) is 19.8 Å². The number of rotatable bonds is 15. The van der Waals surface area contributed by atoms with Crippen molar-refractivity contribution < 1.29 is 29.3 Å². The molecule has 0 aromatic rings. The molecule has 7 heteroatoms. The van der Waals surface area contributed by atoms with E-state index in [-0.39, 0.29) is 3.43 Å². The second-order valence-electron chi connectivity index (χ2n) is 10.2.